The summed E-state index contributed by atoms with van der Waals surface area (Å²) in [5, 5.41) is 6.75. The Morgan fingerprint density at radius 2 is 1.79 bits per heavy atom. The third kappa shape index (κ3) is 4.92. The van der Waals surface area contributed by atoms with Gasteiger partial charge in [0.2, 0.25) is 0 Å². The van der Waals surface area contributed by atoms with Crippen molar-refractivity contribution in [3.8, 4) is 11.5 Å². The lowest BCUT2D eigenvalue weighted by molar-refractivity contribution is 0.0936. The molecular formula is C22H28N4O3. The highest BCUT2D eigenvalue weighted by Gasteiger charge is 2.21. The molecule has 29 heavy (non-hydrogen) atoms. The van der Waals surface area contributed by atoms with Gasteiger partial charge in [0.1, 0.15) is 12.7 Å². The summed E-state index contributed by atoms with van der Waals surface area (Å²) in [6, 6.07) is 16.2. The van der Waals surface area contributed by atoms with E-state index in [0.717, 1.165) is 43.8 Å². The molecule has 2 aromatic carbocycles. The van der Waals surface area contributed by atoms with E-state index in [0.29, 0.717) is 19.7 Å². The number of guanidine groups is 1. The summed E-state index contributed by atoms with van der Waals surface area (Å²) in [5.74, 6) is 2.32. The van der Waals surface area contributed by atoms with Crippen LogP contribution in [0.15, 0.2) is 53.5 Å². The maximum absolute atomic E-state index is 6.00. The fourth-order valence-electron chi connectivity index (χ4n) is 3.55. The number of hydrogen-bond donors (Lipinski definition) is 2. The smallest absolute Gasteiger partial charge is 0.191 e. The number of aliphatic imine (C=N–C) groups is 1. The normalized spacial score (nSPS) is 19.0. The Labute approximate surface area is 171 Å². The van der Waals surface area contributed by atoms with E-state index >= 15 is 0 Å². The van der Waals surface area contributed by atoms with Gasteiger partial charge in [-0.25, -0.2) is 0 Å². The number of nitrogens with one attached hydrogen (secondary N) is 2. The number of nitrogens with zero attached hydrogens (tertiary/aromatic N) is 2. The number of ether oxygens (including phenoxy) is 3. The minimum atomic E-state index is -0.0657. The molecule has 0 radical (unpaired) electrons. The predicted octanol–water partition coefficient (Wildman–Crippen LogP) is 2.03. The first-order valence-electron chi connectivity index (χ1n) is 10.1. The molecule has 0 aromatic heterocycles. The molecular weight excluding hydrogens is 368 g/mol. The number of para-hydroxylation sites is 3. The van der Waals surface area contributed by atoms with E-state index in [4.69, 9.17) is 14.2 Å². The summed E-state index contributed by atoms with van der Waals surface area (Å²) >= 11 is 0. The van der Waals surface area contributed by atoms with E-state index < -0.39 is 0 Å². The molecule has 1 fully saturated rings. The minimum absolute atomic E-state index is 0.0657. The highest BCUT2D eigenvalue weighted by atomic mass is 16.6. The second-order valence-corrected chi connectivity index (χ2v) is 7.03. The van der Waals surface area contributed by atoms with Crippen LogP contribution < -0.4 is 25.0 Å². The van der Waals surface area contributed by atoms with Crippen molar-refractivity contribution in [2.45, 2.75) is 12.6 Å². The van der Waals surface area contributed by atoms with Gasteiger partial charge in [0.15, 0.2) is 17.5 Å². The van der Waals surface area contributed by atoms with Crippen LogP contribution in [0.4, 0.5) is 5.69 Å². The van der Waals surface area contributed by atoms with Crippen molar-refractivity contribution in [3.05, 3.63) is 54.1 Å². The van der Waals surface area contributed by atoms with E-state index in [1.54, 1.807) is 7.05 Å². The van der Waals surface area contributed by atoms with E-state index in [-0.39, 0.29) is 6.10 Å². The maximum Gasteiger partial charge on any atom is 0.191 e. The van der Waals surface area contributed by atoms with Gasteiger partial charge >= 0.3 is 0 Å². The number of hydrogen-bond acceptors (Lipinski definition) is 5. The second kappa shape index (κ2) is 9.52. The van der Waals surface area contributed by atoms with Gasteiger partial charge in [0, 0.05) is 32.4 Å². The van der Waals surface area contributed by atoms with Crippen LogP contribution in [0.5, 0.6) is 11.5 Å². The fraction of sp³-hybridized carbons (Fsp3) is 0.409. The fourth-order valence-corrected chi connectivity index (χ4v) is 3.55. The first-order valence-corrected chi connectivity index (χ1v) is 10.1. The minimum Gasteiger partial charge on any atom is -0.486 e. The Hall–Kier alpha value is -2.93. The van der Waals surface area contributed by atoms with Crippen LogP contribution >= 0.6 is 0 Å². The summed E-state index contributed by atoms with van der Waals surface area (Å²) in [4.78, 5) is 6.71. The number of rotatable bonds is 5. The lowest BCUT2D eigenvalue weighted by atomic mass is 10.1. The van der Waals surface area contributed by atoms with Crippen molar-refractivity contribution in [3.63, 3.8) is 0 Å². The molecule has 7 heteroatoms. The first kappa shape index (κ1) is 19.4. The number of benzene rings is 2. The third-order valence-corrected chi connectivity index (χ3v) is 5.08. The number of fused-ring (bicyclic) bond motifs is 1. The Balaban J connectivity index is 1.30. The predicted molar refractivity (Wildman–Crippen MR) is 114 cm³/mol. The van der Waals surface area contributed by atoms with E-state index in [2.05, 4.69) is 44.8 Å². The highest BCUT2D eigenvalue weighted by Crippen LogP contribution is 2.30. The summed E-state index contributed by atoms with van der Waals surface area (Å²) in [6.07, 6.45) is -0.0657. The maximum atomic E-state index is 6.00. The topological polar surface area (TPSA) is 67.4 Å². The van der Waals surface area contributed by atoms with E-state index in [1.807, 2.05) is 24.3 Å². The zero-order valence-electron chi connectivity index (χ0n) is 16.8. The molecule has 0 aliphatic carbocycles. The molecule has 2 aliphatic heterocycles. The molecule has 2 aliphatic rings. The van der Waals surface area contributed by atoms with E-state index in [1.165, 1.54) is 11.3 Å². The van der Waals surface area contributed by atoms with Crippen molar-refractivity contribution >= 4 is 11.6 Å². The molecule has 154 valence electrons. The Kier molecular flexibility index (Phi) is 6.36. The molecule has 7 nitrogen and oxygen atoms in total. The molecule has 1 atom stereocenters. The molecule has 2 heterocycles. The molecule has 1 saturated heterocycles. The van der Waals surface area contributed by atoms with Crippen molar-refractivity contribution in [2.24, 2.45) is 4.99 Å². The van der Waals surface area contributed by atoms with Gasteiger partial charge in [-0.05, 0) is 23.8 Å². The standard InChI is InChI=1S/C22H28N4O3/c1-23-22(25-15-18-16-28-20-8-4-5-9-21(20)29-18)24-14-17-6-2-3-7-19(17)26-10-12-27-13-11-26/h2-9,18H,10-16H2,1H3,(H2,23,24,25). The average Bonchev–Trinajstić information content (AvgIpc) is 2.80. The van der Waals surface area contributed by atoms with Crippen LogP contribution in [0.1, 0.15) is 5.56 Å². The van der Waals surface area contributed by atoms with Crippen LogP contribution in [0, 0.1) is 0 Å². The SMILES string of the molecule is CN=C(NCc1ccccc1N1CCOCC1)NCC1COc2ccccc2O1. The van der Waals surface area contributed by atoms with Gasteiger partial charge in [0.05, 0.1) is 19.8 Å². The zero-order chi connectivity index (χ0) is 19.9. The summed E-state index contributed by atoms with van der Waals surface area (Å²) < 4.78 is 17.3. The summed E-state index contributed by atoms with van der Waals surface area (Å²) in [7, 11) is 1.77. The van der Waals surface area contributed by atoms with Crippen molar-refractivity contribution in [1.29, 1.82) is 0 Å². The molecule has 1 unspecified atom stereocenters. The third-order valence-electron chi connectivity index (χ3n) is 5.08. The van der Waals surface area contributed by atoms with Crippen LogP contribution in [0.3, 0.4) is 0 Å². The molecule has 2 aromatic rings. The van der Waals surface area contributed by atoms with Crippen LogP contribution in [0.25, 0.3) is 0 Å². The van der Waals surface area contributed by atoms with Gasteiger partial charge in [-0.15, -0.1) is 0 Å². The second-order valence-electron chi connectivity index (χ2n) is 7.03. The molecule has 0 amide bonds. The Morgan fingerprint density at radius 3 is 2.62 bits per heavy atom. The van der Waals surface area contributed by atoms with Gasteiger partial charge in [-0.3, -0.25) is 4.99 Å². The summed E-state index contributed by atoms with van der Waals surface area (Å²) in [6.45, 7) is 5.21. The van der Waals surface area contributed by atoms with Crippen molar-refractivity contribution in [2.75, 3.05) is 51.4 Å². The lowest BCUT2D eigenvalue weighted by Crippen LogP contribution is -2.45. The molecule has 2 N–H and O–H groups in total. The van der Waals surface area contributed by atoms with Crippen molar-refractivity contribution in [1.82, 2.24) is 10.6 Å². The highest BCUT2D eigenvalue weighted by molar-refractivity contribution is 5.79. The van der Waals surface area contributed by atoms with Crippen LogP contribution in [-0.4, -0.2) is 58.6 Å². The largest absolute Gasteiger partial charge is 0.486 e. The Bertz CT molecular complexity index is 836. The molecule has 0 spiro atoms. The molecule has 4 rings (SSSR count). The molecule has 0 bridgehead atoms. The monoisotopic (exact) mass is 396 g/mol. The van der Waals surface area contributed by atoms with Gasteiger partial charge in [-0.1, -0.05) is 30.3 Å². The van der Waals surface area contributed by atoms with E-state index in [9.17, 15) is 0 Å². The summed E-state index contributed by atoms with van der Waals surface area (Å²) in [5.41, 5.74) is 2.49. The van der Waals surface area contributed by atoms with Crippen molar-refractivity contribution < 1.29 is 14.2 Å². The number of morpholine rings is 1. The Morgan fingerprint density at radius 1 is 1.03 bits per heavy atom. The van der Waals surface area contributed by atoms with Crippen LogP contribution in [0.2, 0.25) is 0 Å². The average molecular weight is 396 g/mol. The quantitative estimate of drug-likeness (QED) is 0.596. The van der Waals surface area contributed by atoms with Gasteiger partial charge < -0.3 is 29.7 Å². The first-order chi connectivity index (χ1) is 14.3. The van der Waals surface area contributed by atoms with Gasteiger partial charge in [0.25, 0.3) is 0 Å². The number of anilines is 1. The lowest BCUT2D eigenvalue weighted by Gasteiger charge is -2.31. The molecule has 0 saturated carbocycles. The zero-order valence-corrected chi connectivity index (χ0v) is 16.8. The van der Waals surface area contributed by atoms with Crippen LogP contribution in [-0.2, 0) is 11.3 Å². The van der Waals surface area contributed by atoms with Gasteiger partial charge in [-0.2, -0.15) is 0 Å².